The smallest absolute Gasteiger partial charge is 0.423 e. The summed E-state index contributed by atoms with van der Waals surface area (Å²) in [5.41, 5.74) is -4.76. The monoisotopic (exact) mass is 764 g/mol. The second kappa shape index (κ2) is 17.1. The Morgan fingerprint density at radius 1 is 0.824 bits per heavy atom. The fraction of sp³-hybridized carbons (Fsp3) is 0.448. The van der Waals surface area contributed by atoms with Crippen LogP contribution >= 0.6 is 22.1 Å². The van der Waals surface area contributed by atoms with Crippen LogP contribution in [0.2, 0.25) is 0 Å². The minimum Gasteiger partial charge on any atom is -0.423 e. The number of amides is 3. The van der Waals surface area contributed by atoms with Crippen molar-refractivity contribution in [2.24, 2.45) is 0 Å². The number of benzene rings is 2. The van der Waals surface area contributed by atoms with Crippen LogP contribution in [-0.2, 0) is 44.5 Å². The summed E-state index contributed by atoms with van der Waals surface area (Å²) < 4.78 is 95.1. The normalized spacial score (nSPS) is 15.3. The van der Waals surface area contributed by atoms with Gasteiger partial charge in [0.25, 0.3) is 11.8 Å². The number of halogens is 6. The van der Waals surface area contributed by atoms with Gasteiger partial charge >= 0.3 is 26.6 Å². The van der Waals surface area contributed by atoms with Crippen LogP contribution < -0.4 is 31.6 Å². The van der Waals surface area contributed by atoms with E-state index in [1.54, 1.807) is 0 Å². The fourth-order valence-electron chi connectivity index (χ4n) is 5.60. The summed E-state index contributed by atoms with van der Waals surface area (Å²) in [6.07, 6.45) is -8.68. The Labute approximate surface area is 296 Å². The molecule has 2 aliphatic rings. The van der Waals surface area contributed by atoms with Crippen LogP contribution in [-0.4, -0.2) is 72.7 Å². The predicted octanol–water partition coefficient (Wildman–Crippen LogP) is 0.959. The zero-order valence-corrected chi connectivity index (χ0v) is 28.7. The van der Waals surface area contributed by atoms with Gasteiger partial charge in [0, 0.05) is 36.7 Å². The van der Waals surface area contributed by atoms with E-state index in [9.17, 15) is 55.6 Å². The first-order chi connectivity index (χ1) is 23.9. The van der Waals surface area contributed by atoms with Crippen molar-refractivity contribution in [3.63, 3.8) is 0 Å². The first kappa shape index (κ1) is 40.6. The summed E-state index contributed by atoms with van der Waals surface area (Å²) in [7, 11) is -1.37. The number of carbonyl (C=O) groups is 4. The van der Waals surface area contributed by atoms with Crippen molar-refractivity contribution in [1.82, 2.24) is 20.7 Å². The number of nitrogens with one attached hydrogen (secondary N) is 4. The van der Waals surface area contributed by atoms with Gasteiger partial charge < -0.3 is 35.3 Å². The lowest BCUT2D eigenvalue weighted by Crippen LogP contribution is -2.45. The highest BCUT2D eigenvalue weighted by Crippen LogP contribution is 2.35. The summed E-state index contributed by atoms with van der Waals surface area (Å²) >= 11 is 3.89. The van der Waals surface area contributed by atoms with Crippen molar-refractivity contribution in [3.8, 4) is 0 Å². The topological polar surface area (TPSA) is 175 Å². The summed E-state index contributed by atoms with van der Waals surface area (Å²) in [6.45, 7) is -1.32. The number of hydrogen-bond acceptors (Lipinski definition) is 10. The highest BCUT2D eigenvalue weighted by atomic mass is 32.1. The molecule has 0 bridgehead atoms. The van der Waals surface area contributed by atoms with Gasteiger partial charge in [0.05, 0.1) is 30.4 Å². The van der Waals surface area contributed by atoms with E-state index in [0.29, 0.717) is 31.4 Å². The van der Waals surface area contributed by atoms with E-state index < -0.39 is 98.4 Å². The molecule has 51 heavy (non-hydrogen) atoms. The lowest BCUT2D eigenvalue weighted by molar-refractivity contribution is -0.139. The maximum absolute atomic E-state index is 13.8. The molecular weight excluding hydrogens is 731 g/mol. The number of fused-ring (bicyclic) bond motifs is 2. The van der Waals surface area contributed by atoms with Crippen molar-refractivity contribution < 1.29 is 64.9 Å². The third-order valence-corrected chi connectivity index (χ3v) is 9.03. The molecule has 3 atom stereocenters. The Morgan fingerprint density at radius 2 is 1.35 bits per heavy atom. The van der Waals surface area contributed by atoms with Gasteiger partial charge in [-0.25, -0.2) is 0 Å². The van der Waals surface area contributed by atoms with Gasteiger partial charge in [-0.3, -0.25) is 23.9 Å². The van der Waals surface area contributed by atoms with Gasteiger partial charge in [-0.15, -0.1) is 0 Å². The third kappa shape index (κ3) is 10.5. The molecule has 2 aromatic carbocycles. The Bertz CT molecular complexity index is 1660. The molecular formula is C29H33B2F6N4O8PS. The van der Waals surface area contributed by atoms with Crippen LogP contribution in [0, 0.1) is 0 Å². The molecule has 22 heteroatoms. The summed E-state index contributed by atoms with van der Waals surface area (Å²) in [6, 6.07) is 1.59. The molecule has 0 saturated heterocycles. The Kier molecular flexibility index (Phi) is 13.6. The Morgan fingerprint density at radius 3 is 1.84 bits per heavy atom. The predicted molar refractivity (Wildman–Crippen MR) is 178 cm³/mol. The average Bonchev–Trinajstić information content (AvgIpc) is 3.63. The van der Waals surface area contributed by atoms with Crippen molar-refractivity contribution in [1.29, 1.82) is 0 Å². The van der Waals surface area contributed by atoms with Gasteiger partial charge in [0.15, 0.2) is 5.52 Å². The number of unbranched alkanes of at least 4 members (excludes halogenated alkanes) is 1. The number of thiol groups is 1. The maximum atomic E-state index is 13.8. The molecule has 0 spiro atoms. The molecule has 2 aliphatic heterocycles. The summed E-state index contributed by atoms with van der Waals surface area (Å²) in [5, 5.41) is 27.5. The van der Waals surface area contributed by atoms with E-state index >= 15 is 0 Å². The number of alkyl halides is 6. The summed E-state index contributed by atoms with van der Waals surface area (Å²) in [4.78, 5) is 50.4. The first-order valence-electron chi connectivity index (χ1n) is 15.5. The van der Waals surface area contributed by atoms with Crippen LogP contribution in [0.1, 0.15) is 75.1 Å². The molecule has 0 radical (unpaired) electrons. The second-order valence-electron chi connectivity index (χ2n) is 11.9. The quantitative estimate of drug-likeness (QED) is 0.0459. The molecule has 12 nitrogen and oxygen atoms in total. The highest BCUT2D eigenvalue weighted by molar-refractivity contribution is 7.78. The molecule has 4 rings (SSSR count). The second-order valence-corrected chi connectivity index (χ2v) is 12.7. The first-order valence-corrected chi connectivity index (χ1v) is 16.5. The molecule has 2 aromatic rings. The van der Waals surface area contributed by atoms with E-state index in [4.69, 9.17) is 9.31 Å². The highest BCUT2D eigenvalue weighted by Gasteiger charge is 2.42. The van der Waals surface area contributed by atoms with Crippen molar-refractivity contribution in [3.05, 3.63) is 57.6 Å². The van der Waals surface area contributed by atoms with E-state index in [1.807, 2.05) is 9.24 Å². The van der Waals surface area contributed by atoms with Crippen molar-refractivity contribution in [2.75, 3.05) is 13.1 Å². The number of carbonyl (C=O) groups excluding carboxylic acids is 4. The minimum atomic E-state index is -4.90. The number of hydrogen-bond donors (Lipinski definition) is 7. The Hall–Kier alpha value is -3.19. The maximum Gasteiger partial charge on any atom is 0.491 e. The van der Waals surface area contributed by atoms with Crippen LogP contribution in [0.5, 0.6) is 0 Å². The van der Waals surface area contributed by atoms with E-state index in [-0.39, 0.29) is 47.0 Å². The molecule has 0 fully saturated rings. The molecule has 2 heterocycles. The van der Waals surface area contributed by atoms with E-state index in [2.05, 4.69) is 33.5 Å². The molecule has 0 saturated carbocycles. The molecule has 3 amide bonds. The number of rotatable bonds is 15. The van der Waals surface area contributed by atoms with Crippen LogP contribution in [0.4, 0.5) is 26.3 Å². The molecule has 0 aliphatic carbocycles. The van der Waals surface area contributed by atoms with Gasteiger partial charge in [-0.2, -0.15) is 26.3 Å². The minimum absolute atomic E-state index is 0.168. The fourth-order valence-corrected chi connectivity index (χ4v) is 6.25. The average molecular weight is 764 g/mol. The SMILES string of the molecule is O=C(CCC(CNC(=O)c1cc2c(c(C(F)(F)F)c1)COB2O)NC(=O)c1cc2c(c(C(F)(F)F)c1)COB2O)NCCCCC(NS)C(=O)P. The van der Waals surface area contributed by atoms with Gasteiger partial charge in [0.2, 0.25) is 5.91 Å². The zero-order valence-electron chi connectivity index (χ0n) is 26.6. The van der Waals surface area contributed by atoms with E-state index in [0.717, 1.165) is 12.1 Å². The lowest BCUT2D eigenvalue weighted by atomic mass is 9.77. The van der Waals surface area contributed by atoms with E-state index in [1.165, 1.54) is 0 Å². The standard InChI is InChI=1S/C29H33B2F6N4O8PS/c32-28(33,34)19-7-14(9-21-17(19)12-48-30(21)46)25(43)39-11-16(4-5-24(42)38-6-2-1-3-23(41-51)27(45)50)40-26(44)15-8-20(29(35,36)37)18-13-49-31(47)22(18)10-15/h7-10,16,23,41,46-47,51H,1-6,11-13,50H2,(H,38,42)(H,39,43)(H,40,44). The molecule has 6 N–H and O–H groups in total. The van der Waals surface area contributed by atoms with Crippen LogP contribution in [0.15, 0.2) is 24.3 Å². The largest absolute Gasteiger partial charge is 0.491 e. The third-order valence-electron chi connectivity index (χ3n) is 8.31. The summed E-state index contributed by atoms with van der Waals surface area (Å²) in [5.74, 6) is -2.58. The lowest BCUT2D eigenvalue weighted by Gasteiger charge is -2.21. The molecule has 276 valence electrons. The molecule has 0 aromatic heterocycles. The molecule has 3 unspecified atom stereocenters. The van der Waals surface area contributed by atoms with Crippen molar-refractivity contribution >= 4 is 70.5 Å². The zero-order chi connectivity index (χ0) is 37.7. The Balaban J connectivity index is 1.48. The van der Waals surface area contributed by atoms with Crippen molar-refractivity contribution in [2.45, 2.75) is 69.8 Å². The van der Waals surface area contributed by atoms with Gasteiger partial charge in [-0.1, -0.05) is 22.1 Å². The van der Waals surface area contributed by atoms with Crippen LogP contribution in [0.25, 0.3) is 0 Å². The van der Waals surface area contributed by atoms with Gasteiger partial charge in [-0.05, 0) is 72.0 Å². The van der Waals surface area contributed by atoms with Crippen LogP contribution in [0.3, 0.4) is 0 Å². The van der Waals surface area contributed by atoms with Gasteiger partial charge in [0.1, 0.15) is 0 Å².